The van der Waals surface area contributed by atoms with Gasteiger partial charge in [0, 0.05) is 38.5 Å². The minimum Gasteiger partial charge on any atom is -0.489 e. The van der Waals surface area contributed by atoms with Gasteiger partial charge in [-0.05, 0) is 49.4 Å². The number of nitrogens with zero attached hydrogens (tertiary/aromatic N) is 4. The average molecular weight is 781 g/mol. The molecule has 0 heterocycles. The molecular weight excluding hydrogens is 716 g/mol. The van der Waals surface area contributed by atoms with Crippen LogP contribution in [0.2, 0.25) is 0 Å². The summed E-state index contributed by atoms with van der Waals surface area (Å²) in [6, 6.07) is 8.27. The van der Waals surface area contributed by atoms with Crippen LogP contribution in [0, 0.1) is 56.2 Å². The molecule has 0 aromatic carbocycles. The van der Waals surface area contributed by atoms with Gasteiger partial charge in [0.05, 0.1) is 77.5 Å². The number of hydrogen-bond acceptors (Lipinski definition) is 14. The highest BCUT2D eigenvalue weighted by atomic mass is 16.6. The highest BCUT2D eigenvalue weighted by Crippen LogP contribution is 2.43. The number of unbranched alkanes of at least 4 members (excludes halogenated alkanes) is 3. The van der Waals surface area contributed by atoms with Crippen molar-refractivity contribution in [2.24, 2.45) is 10.8 Å². The first-order chi connectivity index (χ1) is 27.1. The van der Waals surface area contributed by atoms with Gasteiger partial charge in [-0.15, -0.1) is 0 Å². The van der Waals surface area contributed by atoms with Crippen LogP contribution in [-0.2, 0) is 37.9 Å². The summed E-state index contributed by atoms with van der Waals surface area (Å²) < 4.78 is 44.6. The zero-order valence-electron chi connectivity index (χ0n) is 34.6. The first-order valence-corrected chi connectivity index (χ1v) is 19.6. The first-order valence-electron chi connectivity index (χ1n) is 19.6. The van der Waals surface area contributed by atoms with Gasteiger partial charge >= 0.3 is 0 Å². The lowest BCUT2D eigenvalue weighted by atomic mass is 9.75. The molecule has 2 aliphatic rings. The van der Waals surface area contributed by atoms with Crippen molar-refractivity contribution in [2.45, 2.75) is 79.1 Å². The van der Waals surface area contributed by atoms with Gasteiger partial charge in [0.2, 0.25) is 0 Å². The molecule has 14 heteroatoms. The molecule has 0 spiro atoms. The van der Waals surface area contributed by atoms with Crippen LogP contribution in [0.25, 0.3) is 0 Å². The number of nitriles is 4. The molecule has 0 aromatic rings. The topological polar surface area (TPSA) is 193 Å². The second-order valence-corrected chi connectivity index (χ2v) is 15.2. The van der Waals surface area contributed by atoms with Gasteiger partial charge in [-0.25, -0.2) is 0 Å². The SMILES string of the molecule is COCCOCCOCCOC1=C(NCCCCCCNC2=C(OCCOCCOCCOC)C(=C(C#N)C#N)CC(C)(C)C2)CC(C)(C)CC1=C(C#N)C#N. The Morgan fingerprint density at radius 3 is 1.12 bits per heavy atom. The maximum Gasteiger partial charge on any atom is 0.143 e. The second kappa shape index (κ2) is 27.5. The summed E-state index contributed by atoms with van der Waals surface area (Å²) in [7, 11) is 3.25. The van der Waals surface area contributed by atoms with Crippen molar-refractivity contribution in [2.75, 3.05) is 107 Å². The summed E-state index contributed by atoms with van der Waals surface area (Å²) in [4.78, 5) is 0. The number of hydrogen-bond donors (Lipinski definition) is 2. The largest absolute Gasteiger partial charge is 0.489 e. The zero-order valence-corrected chi connectivity index (χ0v) is 34.6. The Morgan fingerprint density at radius 2 is 0.804 bits per heavy atom. The van der Waals surface area contributed by atoms with Crippen molar-refractivity contribution in [3.8, 4) is 24.3 Å². The molecule has 0 saturated carbocycles. The van der Waals surface area contributed by atoms with E-state index in [0.717, 1.165) is 63.0 Å². The standard InChI is InChI=1S/C42H64N6O8/c1-41(2)25-35(33(29-43)30-44)39(55-23-21-53-19-17-51-15-13-49-5)37(27-41)47-11-9-7-8-10-12-48-38-28-42(3,4)26-36(34(31-45)32-46)40(38)56-24-22-54-20-18-52-16-14-50-6/h47-48H,7-28H2,1-6H3. The van der Waals surface area contributed by atoms with E-state index in [1.54, 1.807) is 14.2 Å². The van der Waals surface area contributed by atoms with Gasteiger partial charge in [0.1, 0.15) is 60.2 Å². The maximum atomic E-state index is 9.75. The van der Waals surface area contributed by atoms with Crippen LogP contribution in [0.3, 0.4) is 0 Å². The van der Waals surface area contributed by atoms with Gasteiger partial charge < -0.3 is 48.5 Å². The van der Waals surface area contributed by atoms with Gasteiger partial charge in [-0.3, -0.25) is 0 Å². The molecule has 2 aliphatic carbocycles. The molecule has 0 radical (unpaired) electrons. The van der Waals surface area contributed by atoms with Crippen LogP contribution < -0.4 is 10.6 Å². The molecule has 14 nitrogen and oxygen atoms in total. The van der Waals surface area contributed by atoms with E-state index in [1.807, 2.05) is 0 Å². The molecule has 0 bridgehead atoms. The van der Waals surface area contributed by atoms with E-state index in [-0.39, 0.29) is 35.2 Å². The van der Waals surface area contributed by atoms with E-state index in [4.69, 9.17) is 37.9 Å². The quantitative estimate of drug-likeness (QED) is 0.0676. The van der Waals surface area contributed by atoms with Crippen LogP contribution in [0.15, 0.2) is 45.2 Å². The van der Waals surface area contributed by atoms with Gasteiger partial charge in [0.25, 0.3) is 0 Å². The molecule has 0 saturated heterocycles. The van der Waals surface area contributed by atoms with Crippen molar-refractivity contribution in [1.82, 2.24) is 10.6 Å². The Balaban J connectivity index is 1.97. The maximum absolute atomic E-state index is 9.75. The molecule has 2 N–H and O–H groups in total. The summed E-state index contributed by atoms with van der Waals surface area (Å²) >= 11 is 0. The minimum absolute atomic E-state index is 0.0731. The van der Waals surface area contributed by atoms with E-state index in [2.05, 4.69) is 62.6 Å². The highest BCUT2D eigenvalue weighted by Gasteiger charge is 2.35. The molecule has 0 amide bonds. The number of allylic oxidation sites excluding steroid dienone is 6. The van der Waals surface area contributed by atoms with Crippen LogP contribution in [0.5, 0.6) is 0 Å². The minimum atomic E-state index is -0.154. The van der Waals surface area contributed by atoms with Crippen molar-refractivity contribution in [1.29, 1.82) is 21.0 Å². The number of nitrogens with one attached hydrogen (secondary N) is 2. The number of methoxy groups -OCH3 is 2. The zero-order chi connectivity index (χ0) is 41.1. The van der Waals surface area contributed by atoms with E-state index in [9.17, 15) is 21.0 Å². The predicted molar refractivity (Wildman–Crippen MR) is 210 cm³/mol. The fraction of sp³-hybridized carbons (Fsp3) is 0.714. The molecule has 0 fully saturated rings. The van der Waals surface area contributed by atoms with E-state index >= 15 is 0 Å². The third-order valence-electron chi connectivity index (χ3n) is 9.10. The van der Waals surface area contributed by atoms with E-state index < -0.39 is 0 Å². The van der Waals surface area contributed by atoms with Crippen LogP contribution in [0.4, 0.5) is 0 Å². The Kier molecular flexibility index (Phi) is 23.6. The third kappa shape index (κ3) is 18.2. The number of rotatable bonds is 29. The Bertz CT molecular complexity index is 1360. The Labute approximate surface area is 335 Å². The molecular formula is C42H64N6O8. The fourth-order valence-electron chi connectivity index (χ4n) is 6.50. The predicted octanol–water partition coefficient (Wildman–Crippen LogP) is 5.87. The van der Waals surface area contributed by atoms with Gasteiger partial charge in [0.15, 0.2) is 0 Å². The molecule has 56 heavy (non-hydrogen) atoms. The van der Waals surface area contributed by atoms with Crippen LogP contribution in [0.1, 0.15) is 79.1 Å². The normalized spacial score (nSPS) is 16.0. The number of ether oxygens (including phenoxy) is 8. The Morgan fingerprint density at radius 1 is 0.482 bits per heavy atom. The lowest BCUT2D eigenvalue weighted by Gasteiger charge is -2.35. The van der Waals surface area contributed by atoms with Crippen molar-refractivity contribution < 1.29 is 37.9 Å². The van der Waals surface area contributed by atoms with Crippen molar-refractivity contribution in [3.63, 3.8) is 0 Å². The van der Waals surface area contributed by atoms with Crippen LogP contribution >= 0.6 is 0 Å². The highest BCUT2D eigenvalue weighted by molar-refractivity contribution is 5.51. The monoisotopic (exact) mass is 780 g/mol. The summed E-state index contributed by atoms with van der Waals surface area (Å²) in [5.74, 6) is 1.16. The molecule has 2 rings (SSSR count). The first kappa shape index (κ1) is 48.0. The molecule has 0 aromatic heterocycles. The lowest BCUT2D eigenvalue weighted by molar-refractivity contribution is 0.0117. The van der Waals surface area contributed by atoms with Gasteiger partial charge in [-0.1, -0.05) is 40.5 Å². The van der Waals surface area contributed by atoms with Crippen LogP contribution in [-0.4, -0.2) is 107 Å². The molecule has 0 aliphatic heterocycles. The third-order valence-corrected chi connectivity index (χ3v) is 9.10. The summed E-state index contributed by atoms with van der Waals surface area (Å²) in [6.07, 6.45) is 6.42. The lowest BCUT2D eigenvalue weighted by Crippen LogP contribution is -2.30. The summed E-state index contributed by atoms with van der Waals surface area (Å²) in [6.45, 7) is 15.1. The smallest absolute Gasteiger partial charge is 0.143 e. The Hall–Kier alpha value is -4.12. The summed E-state index contributed by atoms with van der Waals surface area (Å²) in [5.41, 5.74) is 2.92. The van der Waals surface area contributed by atoms with Crippen molar-refractivity contribution in [3.05, 3.63) is 45.2 Å². The average Bonchev–Trinajstić information content (AvgIpc) is 3.16. The fourth-order valence-corrected chi connectivity index (χ4v) is 6.50. The van der Waals surface area contributed by atoms with E-state index in [0.29, 0.717) is 102 Å². The van der Waals surface area contributed by atoms with Gasteiger partial charge in [-0.2, -0.15) is 21.0 Å². The van der Waals surface area contributed by atoms with Crippen molar-refractivity contribution >= 4 is 0 Å². The second-order valence-electron chi connectivity index (χ2n) is 15.2. The van der Waals surface area contributed by atoms with E-state index in [1.165, 1.54) is 0 Å². The molecule has 0 unspecified atom stereocenters. The molecule has 0 atom stereocenters. The molecule has 310 valence electrons. The summed E-state index contributed by atoms with van der Waals surface area (Å²) in [5, 5.41) is 46.1.